The maximum Gasteiger partial charge on any atom is 0.00390 e. The van der Waals surface area contributed by atoms with Gasteiger partial charge in [-0.3, -0.25) is 0 Å². The van der Waals surface area contributed by atoms with E-state index in [1.165, 1.54) is 44.9 Å². The minimum atomic E-state index is 0. The molecule has 0 unspecified atom stereocenters. The summed E-state index contributed by atoms with van der Waals surface area (Å²) in [4.78, 5) is 0. The third-order valence-corrected chi connectivity index (χ3v) is 3.63. The summed E-state index contributed by atoms with van der Waals surface area (Å²) in [6.45, 7) is 0. The Bertz CT molecular complexity index is 126. The molecule has 2 rings (SSSR count). The summed E-state index contributed by atoms with van der Waals surface area (Å²) in [5.74, 6) is 2.16. The van der Waals surface area contributed by atoms with Gasteiger partial charge in [0.05, 0.1) is 0 Å². The first-order valence-electron chi connectivity index (χ1n) is 5.12. The lowest BCUT2D eigenvalue weighted by atomic mass is 9.69. The highest BCUT2D eigenvalue weighted by Crippen LogP contribution is 2.40. The van der Waals surface area contributed by atoms with E-state index in [0.717, 1.165) is 11.8 Å². The van der Waals surface area contributed by atoms with Crippen molar-refractivity contribution >= 4 is 12.4 Å². The Balaban J connectivity index is 0.000000720. The van der Waals surface area contributed by atoms with Crippen LogP contribution < -0.4 is 5.73 Å². The molecule has 2 fully saturated rings. The Labute approximate surface area is 81.5 Å². The van der Waals surface area contributed by atoms with Gasteiger partial charge in [-0.05, 0) is 37.5 Å². The van der Waals surface area contributed by atoms with E-state index in [0.29, 0.717) is 6.04 Å². The van der Waals surface area contributed by atoms with E-state index in [9.17, 15) is 0 Å². The van der Waals surface area contributed by atoms with Crippen LogP contribution in [0.4, 0.5) is 0 Å². The van der Waals surface area contributed by atoms with Crippen LogP contribution in [0, 0.1) is 11.8 Å². The Morgan fingerprint density at radius 1 is 0.750 bits per heavy atom. The zero-order chi connectivity index (χ0) is 7.68. The van der Waals surface area contributed by atoms with Crippen LogP contribution in [-0.2, 0) is 0 Å². The summed E-state index contributed by atoms with van der Waals surface area (Å²) in [6, 6.07) is 0.534. The molecule has 2 N–H and O–H groups in total. The molecule has 2 aliphatic carbocycles. The molecule has 0 aliphatic heterocycles. The van der Waals surface area contributed by atoms with Crippen LogP contribution in [0.25, 0.3) is 0 Å². The standard InChI is InChI=1S/C10H19N.ClH/c11-10-6-4-9(5-7-10)8-2-1-3-8;/h8-10H,1-7,11H2;1H. The van der Waals surface area contributed by atoms with Gasteiger partial charge in [-0.25, -0.2) is 0 Å². The second kappa shape index (κ2) is 4.48. The average molecular weight is 190 g/mol. The number of halogens is 1. The zero-order valence-electron chi connectivity index (χ0n) is 7.67. The second-order valence-electron chi connectivity index (χ2n) is 4.37. The molecular formula is C10H20ClN. The predicted octanol–water partition coefficient (Wildman–Crippen LogP) is 2.73. The normalized spacial score (nSPS) is 36.8. The smallest absolute Gasteiger partial charge is 0.00390 e. The Kier molecular flexibility index (Phi) is 3.85. The molecule has 72 valence electrons. The lowest BCUT2D eigenvalue weighted by Crippen LogP contribution is -2.31. The summed E-state index contributed by atoms with van der Waals surface area (Å²) in [7, 11) is 0. The van der Waals surface area contributed by atoms with Crippen molar-refractivity contribution in [3.05, 3.63) is 0 Å². The fourth-order valence-electron chi connectivity index (χ4n) is 2.53. The van der Waals surface area contributed by atoms with E-state index >= 15 is 0 Å². The van der Waals surface area contributed by atoms with Gasteiger partial charge in [0, 0.05) is 6.04 Å². The van der Waals surface area contributed by atoms with Crippen molar-refractivity contribution < 1.29 is 0 Å². The first-order valence-corrected chi connectivity index (χ1v) is 5.12. The molecule has 1 nitrogen and oxygen atoms in total. The predicted molar refractivity (Wildman–Crippen MR) is 54.5 cm³/mol. The van der Waals surface area contributed by atoms with Gasteiger partial charge >= 0.3 is 0 Å². The van der Waals surface area contributed by atoms with Gasteiger partial charge in [0.25, 0.3) is 0 Å². The summed E-state index contributed by atoms with van der Waals surface area (Å²) in [5.41, 5.74) is 5.86. The maximum atomic E-state index is 5.86. The largest absolute Gasteiger partial charge is 0.328 e. The maximum absolute atomic E-state index is 5.86. The first kappa shape index (κ1) is 10.3. The first-order chi connectivity index (χ1) is 5.36. The summed E-state index contributed by atoms with van der Waals surface area (Å²) in [6.07, 6.45) is 9.95. The topological polar surface area (TPSA) is 26.0 Å². The molecule has 2 saturated carbocycles. The van der Waals surface area contributed by atoms with E-state index in [1.54, 1.807) is 0 Å². The van der Waals surface area contributed by atoms with Gasteiger partial charge in [-0.1, -0.05) is 19.3 Å². The van der Waals surface area contributed by atoms with Crippen LogP contribution in [0.1, 0.15) is 44.9 Å². The molecular weight excluding hydrogens is 170 g/mol. The molecule has 2 heteroatoms. The van der Waals surface area contributed by atoms with Crippen LogP contribution in [-0.4, -0.2) is 6.04 Å². The molecule has 0 amide bonds. The monoisotopic (exact) mass is 189 g/mol. The van der Waals surface area contributed by atoms with Crippen molar-refractivity contribution in [2.45, 2.75) is 51.0 Å². The lowest BCUT2D eigenvalue weighted by molar-refractivity contribution is 0.154. The van der Waals surface area contributed by atoms with Crippen LogP contribution in [0.5, 0.6) is 0 Å². The SMILES string of the molecule is Cl.NC1CCC(C2CCC2)CC1. The second-order valence-corrected chi connectivity index (χ2v) is 4.37. The Morgan fingerprint density at radius 3 is 1.67 bits per heavy atom. The van der Waals surface area contributed by atoms with Crippen molar-refractivity contribution in [2.75, 3.05) is 0 Å². The van der Waals surface area contributed by atoms with E-state index in [4.69, 9.17) is 5.73 Å². The number of nitrogens with two attached hydrogens (primary N) is 1. The van der Waals surface area contributed by atoms with Crippen molar-refractivity contribution in [1.82, 2.24) is 0 Å². The van der Waals surface area contributed by atoms with Crippen LogP contribution >= 0.6 is 12.4 Å². The van der Waals surface area contributed by atoms with E-state index < -0.39 is 0 Å². The van der Waals surface area contributed by atoms with E-state index in [-0.39, 0.29) is 12.4 Å². The van der Waals surface area contributed by atoms with Gasteiger partial charge in [-0.2, -0.15) is 0 Å². The summed E-state index contributed by atoms with van der Waals surface area (Å²) >= 11 is 0. The Hall–Kier alpha value is 0.250. The molecule has 0 aromatic heterocycles. The average Bonchev–Trinajstić information content (AvgIpc) is 1.90. The van der Waals surface area contributed by atoms with E-state index in [1.807, 2.05) is 0 Å². The van der Waals surface area contributed by atoms with Crippen molar-refractivity contribution in [2.24, 2.45) is 17.6 Å². The van der Waals surface area contributed by atoms with Crippen LogP contribution in [0.15, 0.2) is 0 Å². The third-order valence-electron chi connectivity index (χ3n) is 3.63. The quantitative estimate of drug-likeness (QED) is 0.675. The molecule has 0 heterocycles. The fraction of sp³-hybridized carbons (Fsp3) is 1.00. The van der Waals surface area contributed by atoms with Gasteiger partial charge in [-0.15, -0.1) is 12.4 Å². The molecule has 0 bridgehead atoms. The molecule has 0 atom stereocenters. The molecule has 2 aliphatic rings. The molecule has 0 aromatic rings. The van der Waals surface area contributed by atoms with Gasteiger partial charge in [0.1, 0.15) is 0 Å². The molecule has 12 heavy (non-hydrogen) atoms. The summed E-state index contributed by atoms with van der Waals surface area (Å²) < 4.78 is 0. The van der Waals surface area contributed by atoms with Gasteiger partial charge in [0.15, 0.2) is 0 Å². The minimum Gasteiger partial charge on any atom is -0.328 e. The van der Waals surface area contributed by atoms with Crippen molar-refractivity contribution in [3.8, 4) is 0 Å². The highest BCUT2D eigenvalue weighted by atomic mass is 35.5. The highest BCUT2D eigenvalue weighted by Gasteiger charge is 2.29. The number of hydrogen-bond acceptors (Lipinski definition) is 1. The van der Waals surface area contributed by atoms with Gasteiger partial charge < -0.3 is 5.73 Å². The molecule has 0 spiro atoms. The molecule has 0 aromatic carbocycles. The van der Waals surface area contributed by atoms with E-state index in [2.05, 4.69) is 0 Å². The highest BCUT2D eigenvalue weighted by molar-refractivity contribution is 5.85. The van der Waals surface area contributed by atoms with Crippen molar-refractivity contribution in [1.29, 1.82) is 0 Å². The van der Waals surface area contributed by atoms with Crippen molar-refractivity contribution in [3.63, 3.8) is 0 Å². The van der Waals surface area contributed by atoms with Gasteiger partial charge in [0.2, 0.25) is 0 Å². The van der Waals surface area contributed by atoms with Crippen LogP contribution in [0.3, 0.4) is 0 Å². The zero-order valence-corrected chi connectivity index (χ0v) is 8.48. The Morgan fingerprint density at radius 2 is 1.25 bits per heavy atom. The number of rotatable bonds is 1. The minimum absolute atomic E-state index is 0. The fourth-order valence-corrected chi connectivity index (χ4v) is 2.53. The van der Waals surface area contributed by atoms with Crippen LogP contribution in [0.2, 0.25) is 0 Å². The number of hydrogen-bond donors (Lipinski definition) is 1. The molecule has 0 radical (unpaired) electrons. The molecule has 0 saturated heterocycles. The lowest BCUT2D eigenvalue weighted by Gasteiger charge is -2.37. The summed E-state index contributed by atoms with van der Waals surface area (Å²) in [5, 5.41) is 0. The third kappa shape index (κ3) is 2.14.